The number of rotatable bonds is 4. The molecule has 1 amide bonds. The molecule has 0 aliphatic carbocycles. The minimum absolute atomic E-state index is 0.253. The van der Waals surface area contributed by atoms with E-state index in [1.807, 2.05) is 0 Å². The molecule has 0 radical (unpaired) electrons. The number of primary amides is 1. The fourth-order valence-corrected chi connectivity index (χ4v) is 1.04. The highest BCUT2D eigenvalue weighted by Gasteiger charge is 2.39. The van der Waals surface area contributed by atoms with E-state index < -0.39 is 17.5 Å². The lowest BCUT2D eigenvalue weighted by molar-refractivity contribution is -0.188. The van der Waals surface area contributed by atoms with Gasteiger partial charge in [-0.25, -0.2) is 0 Å². The monoisotopic (exact) mass is 209 g/mol. The summed E-state index contributed by atoms with van der Waals surface area (Å²) in [6.07, 6.45) is -0.253. The van der Waals surface area contributed by atoms with Crippen LogP contribution >= 0.6 is 0 Å². The fraction of sp³-hybridized carbons (Fsp3) is 0.200. The molecule has 15 heavy (non-hydrogen) atoms. The van der Waals surface area contributed by atoms with E-state index in [-0.39, 0.29) is 6.42 Å². The molecular formula is C10H11NO4. The Balaban J connectivity index is 2.77. The molecule has 0 unspecified atom stereocenters. The van der Waals surface area contributed by atoms with Gasteiger partial charge in [-0.2, -0.15) is 0 Å². The second-order valence-electron chi connectivity index (χ2n) is 3.12. The van der Waals surface area contributed by atoms with Gasteiger partial charge in [-0.05, 0) is 5.56 Å². The molecule has 0 aliphatic rings. The van der Waals surface area contributed by atoms with Crippen LogP contribution in [0.5, 0.6) is 0 Å². The van der Waals surface area contributed by atoms with E-state index in [4.69, 9.17) is 10.2 Å². The van der Waals surface area contributed by atoms with Gasteiger partial charge in [-0.1, -0.05) is 30.3 Å². The number of hydrogen-bond acceptors (Lipinski definition) is 4. The summed E-state index contributed by atoms with van der Waals surface area (Å²) >= 11 is 0. The Morgan fingerprint density at radius 3 is 2.20 bits per heavy atom. The Morgan fingerprint density at radius 2 is 1.73 bits per heavy atom. The lowest BCUT2D eigenvalue weighted by Crippen LogP contribution is -2.51. The highest BCUT2D eigenvalue weighted by molar-refractivity contribution is 6.07. The number of amides is 1. The summed E-state index contributed by atoms with van der Waals surface area (Å²) in [5.41, 5.74) is 5.24. The molecular weight excluding hydrogens is 198 g/mol. The first-order chi connectivity index (χ1) is 6.94. The third-order valence-electron chi connectivity index (χ3n) is 1.94. The molecule has 5 heteroatoms. The number of ketones is 1. The lowest BCUT2D eigenvalue weighted by Gasteiger charge is -2.15. The van der Waals surface area contributed by atoms with Crippen LogP contribution < -0.4 is 5.73 Å². The van der Waals surface area contributed by atoms with Gasteiger partial charge in [-0.3, -0.25) is 9.59 Å². The minimum atomic E-state index is -3.09. The van der Waals surface area contributed by atoms with Gasteiger partial charge in [0.05, 0.1) is 0 Å². The highest BCUT2D eigenvalue weighted by Crippen LogP contribution is 2.07. The fourth-order valence-electron chi connectivity index (χ4n) is 1.04. The number of hydrogen-bond donors (Lipinski definition) is 3. The zero-order valence-corrected chi connectivity index (χ0v) is 7.88. The van der Waals surface area contributed by atoms with Gasteiger partial charge in [-0.15, -0.1) is 0 Å². The maximum absolute atomic E-state index is 11.3. The van der Waals surface area contributed by atoms with Crippen LogP contribution in [-0.2, 0) is 16.0 Å². The van der Waals surface area contributed by atoms with Gasteiger partial charge in [0.1, 0.15) is 0 Å². The molecule has 0 fully saturated rings. The van der Waals surface area contributed by atoms with Crippen molar-refractivity contribution in [1.29, 1.82) is 0 Å². The lowest BCUT2D eigenvalue weighted by atomic mass is 10.0. The van der Waals surface area contributed by atoms with Crippen molar-refractivity contribution in [3.63, 3.8) is 0 Å². The summed E-state index contributed by atoms with van der Waals surface area (Å²) in [6.45, 7) is 0. The van der Waals surface area contributed by atoms with Crippen LogP contribution in [0.15, 0.2) is 30.3 Å². The van der Waals surface area contributed by atoms with Crippen LogP contribution in [0, 0.1) is 0 Å². The molecule has 1 rings (SSSR count). The van der Waals surface area contributed by atoms with E-state index in [1.165, 1.54) is 0 Å². The Hall–Kier alpha value is -1.72. The normalized spacial score (nSPS) is 11.1. The topological polar surface area (TPSA) is 101 Å². The highest BCUT2D eigenvalue weighted by atomic mass is 16.5. The first-order valence-electron chi connectivity index (χ1n) is 4.26. The van der Waals surface area contributed by atoms with Crippen molar-refractivity contribution >= 4 is 11.7 Å². The average Bonchev–Trinajstić information content (AvgIpc) is 2.18. The van der Waals surface area contributed by atoms with Crippen LogP contribution in [0.1, 0.15) is 5.56 Å². The van der Waals surface area contributed by atoms with Crippen molar-refractivity contribution < 1.29 is 19.8 Å². The zero-order chi connectivity index (χ0) is 11.5. The number of Topliss-reactive ketones (excluding diaryl/α,β-unsaturated/α-hetero) is 1. The molecule has 1 aromatic rings. The van der Waals surface area contributed by atoms with Crippen molar-refractivity contribution in [2.45, 2.75) is 12.2 Å². The van der Waals surface area contributed by atoms with Gasteiger partial charge >= 0.3 is 5.79 Å². The minimum Gasteiger partial charge on any atom is -0.365 e. The SMILES string of the molecule is NC(=O)C(O)(O)C(=O)Cc1ccccc1. The summed E-state index contributed by atoms with van der Waals surface area (Å²) in [4.78, 5) is 21.8. The van der Waals surface area contributed by atoms with Gasteiger partial charge < -0.3 is 15.9 Å². The van der Waals surface area contributed by atoms with Crippen LogP contribution in [0.25, 0.3) is 0 Å². The molecule has 4 N–H and O–H groups in total. The van der Waals surface area contributed by atoms with Gasteiger partial charge in [0.2, 0.25) is 5.78 Å². The Kier molecular flexibility index (Phi) is 3.18. The maximum atomic E-state index is 11.3. The molecule has 0 atom stereocenters. The first-order valence-corrected chi connectivity index (χ1v) is 4.26. The Morgan fingerprint density at radius 1 is 1.20 bits per heavy atom. The van der Waals surface area contributed by atoms with Crippen molar-refractivity contribution in [3.05, 3.63) is 35.9 Å². The third kappa shape index (κ3) is 2.61. The van der Waals surface area contributed by atoms with E-state index in [2.05, 4.69) is 5.73 Å². The largest absolute Gasteiger partial charge is 0.365 e. The molecule has 5 nitrogen and oxygen atoms in total. The van der Waals surface area contributed by atoms with Crippen LogP contribution in [-0.4, -0.2) is 27.7 Å². The Bertz CT molecular complexity index is 372. The third-order valence-corrected chi connectivity index (χ3v) is 1.94. The van der Waals surface area contributed by atoms with Crippen molar-refractivity contribution in [3.8, 4) is 0 Å². The standard InChI is InChI=1S/C10H11NO4/c11-9(13)10(14,15)8(12)6-7-4-2-1-3-5-7/h1-5,14-15H,6H2,(H2,11,13). The molecule has 0 saturated carbocycles. The van der Waals surface area contributed by atoms with Gasteiger partial charge in [0, 0.05) is 6.42 Å². The summed E-state index contributed by atoms with van der Waals surface area (Å²) < 4.78 is 0. The number of carbonyl (C=O) groups excluding carboxylic acids is 2. The summed E-state index contributed by atoms with van der Waals surface area (Å²) in [7, 11) is 0. The molecule has 0 aliphatic heterocycles. The number of benzene rings is 1. The van der Waals surface area contributed by atoms with E-state index in [1.54, 1.807) is 30.3 Å². The van der Waals surface area contributed by atoms with Crippen molar-refractivity contribution in [2.24, 2.45) is 5.73 Å². The van der Waals surface area contributed by atoms with Crippen molar-refractivity contribution in [1.82, 2.24) is 0 Å². The van der Waals surface area contributed by atoms with E-state index in [9.17, 15) is 9.59 Å². The molecule has 1 aromatic carbocycles. The molecule has 0 aromatic heterocycles. The second-order valence-corrected chi connectivity index (χ2v) is 3.12. The van der Waals surface area contributed by atoms with Crippen molar-refractivity contribution in [2.75, 3.05) is 0 Å². The van der Waals surface area contributed by atoms with Crippen LogP contribution in [0.4, 0.5) is 0 Å². The summed E-state index contributed by atoms with van der Waals surface area (Å²) in [5.74, 6) is -5.60. The quantitative estimate of drug-likeness (QED) is 0.435. The summed E-state index contributed by atoms with van der Waals surface area (Å²) in [5, 5.41) is 18.1. The van der Waals surface area contributed by atoms with Crippen LogP contribution in [0.2, 0.25) is 0 Å². The number of carbonyl (C=O) groups is 2. The van der Waals surface area contributed by atoms with Gasteiger partial charge in [0.25, 0.3) is 5.91 Å². The number of nitrogens with two attached hydrogens (primary N) is 1. The molecule has 0 spiro atoms. The Labute approximate surface area is 86.1 Å². The van der Waals surface area contributed by atoms with Crippen LogP contribution in [0.3, 0.4) is 0 Å². The summed E-state index contributed by atoms with van der Waals surface area (Å²) in [6, 6.07) is 8.42. The van der Waals surface area contributed by atoms with Gasteiger partial charge in [0.15, 0.2) is 0 Å². The maximum Gasteiger partial charge on any atom is 0.306 e. The number of aliphatic hydroxyl groups is 2. The van der Waals surface area contributed by atoms with E-state index in [0.29, 0.717) is 5.56 Å². The predicted molar refractivity (Wildman–Crippen MR) is 51.5 cm³/mol. The van der Waals surface area contributed by atoms with E-state index in [0.717, 1.165) is 0 Å². The molecule has 0 bridgehead atoms. The molecule has 0 saturated heterocycles. The van der Waals surface area contributed by atoms with E-state index >= 15 is 0 Å². The second kappa shape index (κ2) is 4.20. The first kappa shape index (κ1) is 11.4. The molecule has 80 valence electrons. The predicted octanol–water partition coefficient (Wildman–Crippen LogP) is -1.04. The smallest absolute Gasteiger partial charge is 0.306 e. The zero-order valence-electron chi connectivity index (χ0n) is 7.88. The average molecular weight is 209 g/mol. The molecule has 0 heterocycles.